The van der Waals surface area contributed by atoms with Gasteiger partial charge in [-0.05, 0) is 83.3 Å². The molecule has 0 radical (unpaired) electrons. The molecule has 7 nitrogen and oxygen atoms in total. The second kappa shape index (κ2) is 11.0. The number of ether oxygens (including phenoxy) is 1. The van der Waals surface area contributed by atoms with E-state index < -0.39 is 11.9 Å². The minimum Gasteiger partial charge on any atom is -0.492 e. The van der Waals surface area contributed by atoms with Crippen LogP contribution in [0.15, 0.2) is 48.5 Å². The number of piperidine rings is 1. The Balaban J connectivity index is 1.53. The van der Waals surface area contributed by atoms with Gasteiger partial charge in [0, 0.05) is 11.1 Å². The second-order valence-electron chi connectivity index (χ2n) is 9.30. The standard InChI is InChI=1S/C26H32N4O3/c1-26(2,3)30-15-12-19(13-16-30)14-17-33-23-11-7-10-22(21(23)18-27)28-25(32)29-24(31)20-8-5-4-6-9-20/h4-11,19H,12-17H2,1-3H3,(H2,28,29,31,32). The molecule has 2 aromatic carbocycles. The maximum atomic E-state index is 12.3. The highest BCUT2D eigenvalue weighted by Crippen LogP contribution is 2.28. The molecule has 0 saturated carbocycles. The Morgan fingerprint density at radius 3 is 2.42 bits per heavy atom. The fourth-order valence-electron chi connectivity index (χ4n) is 4.02. The molecule has 33 heavy (non-hydrogen) atoms. The quantitative estimate of drug-likeness (QED) is 0.662. The number of likely N-dealkylation sites (tertiary alicyclic amines) is 1. The van der Waals surface area contributed by atoms with E-state index in [1.165, 1.54) is 0 Å². The molecule has 1 aliphatic heterocycles. The number of imide groups is 1. The van der Waals surface area contributed by atoms with Gasteiger partial charge >= 0.3 is 6.03 Å². The number of rotatable bonds is 6. The fraction of sp³-hybridized carbons (Fsp3) is 0.423. The molecule has 0 bridgehead atoms. The largest absolute Gasteiger partial charge is 0.492 e. The van der Waals surface area contributed by atoms with Crippen LogP contribution in [0.5, 0.6) is 5.75 Å². The lowest BCUT2D eigenvalue weighted by Crippen LogP contribution is -2.46. The smallest absolute Gasteiger partial charge is 0.326 e. The monoisotopic (exact) mass is 448 g/mol. The molecule has 1 saturated heterocycles. The molecule has 2 aromatic rings. The van der Waals surface area contributed by atoms with Gasteiger partial charge in [-0.25, -0.2) is 4.79 Å². The molecule has 174 valence electrons. The number of nitrogens with one attached hydrogen (secondary N) is 2. The van der Waals surface area contributed by atoms with Gasteiger partial charge in [0.2, 0.25) is 0 Å². The Kier molecular flexibility index (Phi) is 8.07. The molecule has 1 fully saturated rings. The number of hydrogen-bond acceptors (Lipinski definition) is 5. The van der Waals surface area contributed by atoms with Gasteiger partial charge in [0.1, 0.15) is 17.4 Å². The number of carbonyl (C=O) groups is 2. The zero-order valence-electron chi connectivity index (χ0n) is 19.6. The Bertz CT molecular complexity index is 1000. The number of amides is 3. The predicted octanol–water partition coefficient (Wildman–Crippen LogP) is 4.80. The summed E-state index contributed by atoms with van der Waals surface area (Å²) < 4.78 is 5.92. The minimum absolute atomic E-state index is 0.203. The third-order valence-corrected chi connectivity index (χ3v) is 6.00. The zero-order chi connectivity index (χ0) is 23.8. The summed E-state index contributed by atoms with van der Waals surface area (Å²) in [7, 11) is 0. The summed E-state index contributed by atoms with van der Waals surface area (Å²) >= 11 is 0. The molecule has 3 rings (SSSR count). The van der Waals surface area contributed by atoms with Crippen molar-refractivity contribution in [1.29, 1.82) is 5.26 Å². The van der Waals surface area contributed by atoms with Crippen LogP contribution in [0.1, 0.15) is 56.0 Å². The van der Waals surface area contributed by atoms with E-state index in [1.54, 1.807) is 48.5 Å². The second-order valence-corrected chi connectivity index (χ2v) is 9.30. The molecule has 3 amide bonds. The predicted molar refractivity (Wildman–Crippen MR) is 128 cm³/mol. The Morgan fingerprint density at radius 2 is 1.79 bits per heavy atom. The maximum absolute atomic E-state index is 12.3. The summed E-state index contributed by atoms with van der Waals surface area (Å²) in [4.78, 5) is 27.0. The summed E-state index contributed by atoms with van der Waals surface area (Å²) in [5, 5.41) is 14.5. The normalized spacial score (nSPS) is 14.8. The van der Waals surface area contributed by atoms with Crippen molar-refractivity contribution >= 4 is 17.6 Å². The SMILES string of the molecule is CC(C)(C)N1CCC(CCOc2cccc(NC(=O)NC(=O)c3ccccc3)c2C#N)CC1. The van der Waals surface area contributed by atoms with Crippen molar-refractivity contribution in [2.45, 2.75) is 45.6 Å². The molecule has 1 heterocycles. The van der Waals surface area contributed by atoms with Gasteiger partial charge in [-0.1, -0.05) is 24.3 Å². The van der Waals surface area contributed by atoms with Gasteiger partial charge in [-0.15, -0.1) is 0 Å². The van der Waals surface area contributed by atoms with Crippen molar-refractivity contribution in [3.63, 3.8) is 0 Å². The van der Waals surface area contributed by atoms with Crippen molar-refractivity contribution in [2.24, 2.45) is 5.92 Å². The van der Waals surface area contributed by atoms with Crippen molar-refractivity contribution in [2.75, 3.05) is 25.0 Å². The van der Waals surface area contributed by atoms with E-state index in [2.05, 4.69) is 42.4 Å². The van der Waals surface area contributed by atoms with Crippen LogP contribution in [0.2, 0.25) is 0 Å². The fourth-order valence-corrected chi connectivity index (χ4v) is 4.02. The van der Waals surface area contributed by atoms with Gasteiger partial charge in [-0.3, -0.25) is 15.0 Å². The number of nitriles is 1. The molecule has 0 aromatic heterocycles. The number of carbonyl (C=O) groups excluding carboxylic acids is 2. The zero-order valence-corrected chi connectivity index (χ0v) is 19.6. The third-order valence-electron chi connectivity index (χ3n) is 6.00. The summed E-state index contributed by atoms with van der Waals surface area (Å²) in [5.74, 6) is 0.513. The molecule has 1 aliphatic rings. The Labute approximate surface area is 195 Å². The summed E-state index contributed by atoms with van der Waals surface area (Å²) in [5.41, 5.74) is 1.11. The first kappa shape index (κ1) is 24.3. The minimum atomic E-state index is -0.705. The average molecular weight is 449 g/mol. The lowest BCUT2D eigenvalue weighted by molar-refractivity contribution is 0.0810. The van der Waals surface area contributed by atoms with Crippen LogP contribution in [0.4, 0.5) is 10.5 Å². The molecular formula is C26H32N4O3. The number of anilines is 1. The highest BCUT2D eigenvalue weighted by atomic mass is 16.5. The van der Waals surface area contributed by atoms with E-state index in [4.69, 9.17) is 4.74 Å². The molecule has 2 N–H and O–H groups in total. The topological polar surface area (TPSA) is 94.5 Å². The van der Waals surface area contributed by atoms with E-state index in [0.717, 1.165) is 32.4 Å². The van der Waals surface area contributed by atoms with E-state index in [0.29, 0.717) is 29.5 Å². The maximum Gasteiger partial charge on any atom is 0.326 e. The lowest BCUT2D eigenvalue weighted by Gasteiger charge is -2.40. The molecular weight excluding hydrogens is 416 g/mol. The highest BCUT2D eigenvalue weighted by Gasteiger charge is 2.26. The summed E-state index contributed by atoms with van der Waals surface area (Å²) in [6.07, 6.45) is 3.21. The first-order valence-corrected chi connectivity index (χ1v) is 11.4. The molecule has 0 spiro atoms. The number of benzene rings is 2. The van der Waals surface area contributed by atoms with Crippen LogP contribution in [0.25, 0.3) is 0 Å². The lowest BCUT2D eigenvalue weighted by atomic mass is 9.91. The molecule has 0 aliphatic carbocycles. The summed E-state index contributed by atoms with van der Waals surface area (Å²) in [6, 6.07) is 14.9. The molecule has 0 atom stereocenters. The van der Waals surface area contributed by atoms with E-state index in [1.807, 2.05) is 0 Å². The first-order valence-electron chi connectivity index (χ1n) is 11.4. The van der Waals surface area contributed by atoms with Gasteiger partial charge in [-0.2, -0.15) is 5.26 Å². The van der Waals surface area contributed by atoms with E-state index in [9.17, 15) is 14.9 Å². The molecule has 7 heteroatoms. The Morgan fingerprint density at radius 1 is 1.09 bits per heavy atom. The number of urea groups is 1. The van der Waals surface area contributed by atoms with Gasteiger partial charge in [0.05, 0.1) is 12.3 Å². The highest BCUT2D eigenvalue weighted by molar-refractivity contribution is 6.08. The molecule has 0 unspecified atom stereocenters. The van der Waals surface area contributed by atoms with Crippen LogP contribution in [-0.2, 0) is 0 Å². The van der Waals surface area contributed by atoms with Crippen molar-refractivity contribution in [3.05, 3.63) is 59.7 Å². The van der Waals surface area contributed by atoms with Gasteiger partial charge in [0.25, 0.3) is 5.91 Å². The van der Waals surface area contributed by atoms with Gasteiger partial charge in [0.15, 0.2) is 0 Å². The number of hydrogen-bond donors (Lipinski definition) is 2. The van der Waals surface area contributed by atoms with Crippen molar-refractivity contribution < 1.29 is 14.3 Å². The van der Waals surface area contributed by atoms with E-state index >= 15 is 0 Å². The van der Waals surface area contributed by atoms with Gasteiger partial charge < -0.3 is 10.1 Å². The van der Waals surface area contributed by atoms with Crippen LogP contribution in [0, 0.1) is 17.2 Å². The van der Waals surface area contributed by atoms with Crippen LogP contribution in [0.3, 0.4) is 0 Å². The van der Waals surface area contributed by atoms with Crippen LogP contribution >= 0.6 is 0 Å². The summed E-state index contributed by atoms with van der Waals surface area (Å²) in [6.45, 7) is 9.44. The average Bonchev–Trinajstić information content (AvgIpc) is 2.79. The van der Waals surface area contributed by atoms with E-state index in [-0.39, 0.29) is 11.1 Å². The van der Waals surface area contributed by atoms with Crippen LogP contribution < -0.4 is 15.4 Å². The number of nitrogens with zero attached hydrogens (tertiary/aromatic N) is 2. The first-order chi connectivity index (χ1) is 15.8. The third kappa shape index (κ3) is 6.80. The van der Waals surface area contributed by atoms with Crippen molar-refractivity contribution in [3.8, 4) is 11.8 Å². The van der Waals surface area contributed by atoms with Crippen molar-refractivity contribution in [1.82, 2.24) is 10.2 Å². The Hall–Kier alpha value is -3.37. The van der Waals surface area contributed by atoms with Crippen LogP contribution in [-0.4, -0.2) is 42.1 Å².